The lowest BCUT2D eigenvalue weighted by atomic mass is 10.1. The molecule has 2 N–H and O–H groups in total. The molecular weight excluding hydrogens is 358 g/mol. The summed E-state index contributed by atoms with van der Waals surface area (Å²) >= 11 is 0. The minimum atomic E-state index is 0.0282. The van der Waals surface area contributed by atoms with E-state index in [-0.39, 0.29) is 6.04 Å². The summed E-state index contributed by atoms with van der Waals surface area (Å²) < 4.78 is 7.68. The van der Waals surface area contributed by atoms with Crippen LogP contribution in [0.1, 0.15) is 57.6 Å². The number of aryl methyl sites for hydroxylation is 2. The molecule has 0 spiro atoms. The Morgan fingerprint density at radius 2 is 1.93 bits per heavy atom. The average molecular weight is 394 g/mol. The molecule has 2 aromatic carbocycles. The highest BCUT2D eigenvalue weighted by atomic mass is 16.5. The highest BCUT2D eigenvalue weighted by molar-refractivity contribution is 5.79. The molecule has 1 saturated carbocycles. The van der Waals surface area contributed by atoms with Crippen molar-refractivity contribution < 1.29 is 4.74 Å². The van der Waals surface area contributed by atoms with Crippen molar-refractivity contribution in [1.82, 2.24) is 9.78 Å². The van der Waals surface area contributed by atoms with E-state index in [1.165, 1.54) is 36.6 Å². The normalized spacial score (nSPS) is 14.4. The lowest BCUT2D eigenvalue weighted by Crippen LogP contribution is -2.23. The van der Waals surface area contributed by atoms with Crippen molar-refractivity contribution in [2.75, 3.05) is 6.61 Å². The Bertz CT molecular complexity index is 925. The Hall–Kier alpha value is -2.33. The SMILES string of the molecule is CCC.Cc1cc(OC[C@H](C)N)ccc1-n1cc2ccc(CCC3CC3)cc2n1. The number of hydrogen-bond donors (Lipinski definition) is 1. The summed E-state index contributed by atoms with van der Waals surface area (Å²) in [5.41, 5.74) is 10.4. The molecule has 0 aliphatic heterocycles. The Morgan fingerprint density at radius 1 is 1.17 bits per heavy atom. The van der Waals surface area contributed by atoms with Gasteiger partial charge in [0, 0.05) is 17.6 Å². The van der Waals surface area contributed by atoms with Crippen molar-refractivity contribution in [1.29, 1.82) is 0 Å². The molecule has 1 fully saturated rings. The van der Waals surface area contributed by atoms with E-state index in [1.807, 2.05) is 23.7 Å². The van der Waals surface area contributed by atoms with Crippen LogP contribution in [0, 0.1) is 12.8 Å². The van der Waals surface area contributed by atoms with Gasteiger partial charge in [-0.2, -0.15) is 5.10 Å². The van der Waals surface area contributed by atoms with Gasteiger partial charge in [0.05, 0.1) is 11.2 Å². The first-order valence-corrected chi connectivity index (χ1v) is 11.0. The summed E-state index contributed by atoms with van der Waals surface area (Å²) in [4.78, 5) is 0. The van der Waals surface area contributed by atoms with E-state index < -0.39 is 0 Å². The van der Waals surface area contributed by atoms with E-state index in [2.05, 4.69) is 51.2 Å². The summed E-state index contributed by atoms with van der Waals surface area (Å²) in [6, 6.07) is 12.8. The second-order valence-electron chi connectivity index (χ2n) is 8.39. The number of benzene rings is 2. The first-order valence-electron chi connectivity index (χ1n) is 11.0. The van der Waals surface area contributed by atoms with Crippen molar-refractivity contribution in [3.63, 3.8) is 0 Å². The van der Waals surface area contributed by atoms with E-state index in [1.54, 1.807) is 0 Å². The Labute approximate surface area is 175 Å². The molecule has 0 amide bonds. The molecule has 1 aromatic heterocycles. The summed E-state index contributed by atoms with van der Waals surface area (Å²) in [5, 5.41) is 5.98. The number of fused-ring (bicyclic) bond motifs is 1. The van der Waals surface area contributed by atoms with Crippen LogP contribution in [0.3, 0.4) is 0 Å². The first kappa shape index (κ1) is 21.4. The summed E-state index contributed by atoms with van der Waals surface area (Å²) in [5.74, 6) is 1.82. The van der Waals surface area contributed by atoms with Gasteiger partial charge >= 0.3 is 0 Å². The molecule has 29 heavy (non-hydrogen) atoms. The van der Waals surface area contributed by atoms with Crippen LogP contribution in [-0.2, 0) is 6.42 Å². The van der Waals surface area contributed by atoms with Crippen LogP contribution < -0.4 is 10.5 Å². The third kappa shape index (κ3) is 6.07. The number of nitrogens with two attached hydrogens (primary N) is 1. The van der Waals surface area contributed by atoms with Crippen LogP contribution in [-0.4, -0.2) is 22.4 Å². The fraction of sp³-hybridized carbons (Fsp3) is 0.480. The zero-order valence-electron chi connectivity index (χ0n) is 18.3. The maximum absolute atomic E-state index is 5.76. The standard InChI is InChI=1S/C22H27N3O.C3H8/c1-15-11-20(26-14-16(2)23)9-10-22(15)25-13-19-8-7-18(12-21(19)24-25)6-5-17-3-4-17;1-3-2/h7-13,16-17H,3-6,14,23H2,1-2H3;3H2,1-2H3/t16-;/m0./s1. The number of nitrogens with zero attached hydrogens (tertiary/aromatic N) is 2. The predicted molar refractivity (Wildman–Crippen MR) is 122 cm³/mol. The minimum absolute atomic E-state index is 0.0282. The molecule has 1 aliphatic rings. The maximum atomic E-state index is 5.76. The smallest absolute Gasteiger partial charge is 0.119 e. The van der Waals surface area contributed by atoms with E-state index in [0.717, 1.165) is 34.9 Å². The Morgan fingerprint density at radius 3 is 2.59 bits per heavy atom. The molecule has 1 heterocycles. The fourth-order valence-electron chi connectivity index (χ4n) is 3.32. The fourth-order valence-corrected chi connectivity index (χ4v) is 3.32. The van der Waals surface area contributed by atoms with Gasteiger partial charge in [0.1, 0.15) is 12.4 Å². The molecular formula is C25H35N3O. The quantitative estimate of drug-likeness (QED) is 0.550. The van der Waals surface area contributed by atoms with Gasteiger partial charge in [0.2, 0.25) is 0 Å². The van der Waals surface area contributed by atoms with E-state index in [0.29, 0.717) is 6.61 Å². The average Bonchev–Trinajstić information content (AvgIpc) is 3.42. The number of hydrogen-bond acceptors (Lipinski definition) is 3. The van der Waals surface area contributed by atoms with Gasteiger partial charge in [0.15, 0.2) is 0 Å². The van der Waals surface area contributed by atoms with Gasteiger partial charge < -0.3 is 10.5 Å². The van der Waals surface area contributed by atoms with Crippen molar-refractivity contribution in [2.24, 2.45) is 11.7 Å². The topological polar surface area (TPSA) is 53.1 Å². The number of ether oxygens (including phenoxy) is 1. The molecule has 0 unspecified atom stereocenters. The van der Waals surface area contributed by atoms with Gasteiger partial charge in [0.25, 0.3) is 0 Å². The molecule has 3 aromatic rings. The van der Waals surface area contributed by atoms with Gasteiger partial charge in [-0.15, -0.1) is 0 Å². The second-order valence-corrected chi connectivity index (χ2v) is 8.39. The van der Waals surface area contributed by atoms with Crippen LogP contribution in [0.4, 0.5) is 0 Å². The predicted octanol–water partition coefficient (Wildman–Crippen LogP) is 5.82. The third-order valence-corrected chi connectivity index (χ3v) is 5.04. The molecule has 0 bridgehead atoms. The van der Waals surface area contributed by atoms with Gasteiger partial charge in [-0.05, 0) is 68.0 Å². The molecule has 0 radical (unpaired) electrons. The highest BCUT2D eigenvalue weighted by Gasteiger charge is 2.20. The van der Waals surface area contributed by atoms with Gasteiger partial charge in [-0.3, -0.25) is 0 Å². The molecule has 1 atom stereocenters. The highest BCUT2D eigenvalue weighted by Crippen LogP contribution is 2.33. The van der Waals surface area contributed by atoms with Crippen molar-refractivity contribution in [2.45, 2.75) is 65.8 Å². The molecule has 4 heteroatoms. The zero-order valence-corrected chi connectivity index (χ0v) is 18.3. The van der Waals surface area contributed by atoms with E-state index in [4.69, 9.17) is 15.6 Å². The van der Waals surface area contributed by atoms with Crippen molar-refractivity contribution in [3.05, 3.63) is 53.7 Å². The van der Waals surface area contributed by atoms with Crippen LogP contribution in [0.15, 0.2) is 42.6 Å². The van der Waals surface area contributed by atoms with Crippen LogP contribution in [0.2, 0.25) is 0 Å². The molecule has 0 saturated heterocycles. The lowest BCUT2D eigenvalue weighted by Gasteiger charge is -2.11. The van der Waals surface area contributed by atoms with Crippen LogP contribution in [0.5, 0.6) is 5.75 Å². The summed E-state index contributed by atoms with van der Waals surface area (Å²) in [7, 11) is 0. The first-order chi connectivity index (χ1) is 14.0. The van der Waals surface area contributed by atoms with Crippen molar-refractivity contribution in [3.8, 4) is 11.4 Å². The largest absolute Gasteiger partial charge is 0.492 e. The monoisotopic (exact) mass is 393 g/mol. The summed E-state index contributed by atoms with van der Waals surface area (Å²) in [6.07, 6.45) is 8.66. The van der Waals surface area contributed by atoms with Crippen LogP contribution in [0.25, 0.3) is 16.6 Å². The number of rotatable bonds is 7. The zero-order chi connectivity index (χ0) is 20.8. The van der Waals surface area contributed by atoms with Gasteiger partial charge in [-0.1, -0.05) is 45.2 Å². The number of aromatic nitrogens is 2. The minimum Gasteiger partial charge on any atom is -0.492 e. The lowest BCUT2D eigenvalue weighted by molar-refractivity contribution is 0.296. The molecule has 4 rings (SSSR count). The van der Waals surface area contributed by atoms with Gasteiger partial charge in [-0.25, -0.2) is 4.68 Å². The molecule has 1 aliphatic carbocycles. The van der Waals surface area contributed by atoms with E-state index >= 15 is 0 Å². The Kier molecular flexibility index (Phi) is 7.32. The molecule has 4 nitrogen and oxygen atoms in total. The Balaban J connectivity index is 0.000000755. The maximum Gasteiger partial charge on any atom is 0.119 e. The van der Waals surface area contributed by atoms with E-state index in [9.17, 15) is 0 Å². The van der Waals surface area contributed by atoms with Crippen LogP contribution >= 0.6 is 0 Å². The second kappa shape index (κ2) is 9.93. The summed E-state index contributed by atoms with van der Waals surface area (Å²) in [6.45, 7) is 8.80. The van der Waals surface area contributed by atoms with Crippen molar-refractivity contribution >= 4 is 10.9 Å². The molecule has 156 valence electrons. The third-order valence-electron chi connectivity index (χ3n) is 5.04.